The van der Waals surface area contributed by atoms with Crippen molar-refractivity contribution in [1.29, 1.82) is 0 Å². The van der Waals surface area contributed by atoms with Gasteiger partial charge in [-0.3, -0.25) is 0 Å². The zero-order chi connectivity index (χ0) is 6.85. The van der Waals surface area contributed by atoms with Crippen molar-refractivity contribution in [2.45, 2.75) is 32.4 Å². The highest BCUT2D eigenvalue weighted by molar-refractivity contribution is 4.77. The molecule has 2 atom stereocenters. The fourth-order valence-electron chi connectivity index (χ4n) is 1.15. The Bertz CT molecular complexity index is 92.9. The van der Waals surface area contributed by atoms with Crippen LogP contribution in [0.3, 0.4) is 0 Å². The van der Waals surface area contributed by atoms with Crippen molar-refractivity contribution in [3.8, 4) is 0 Å². The summed E-state index contributed by atoms with van der Waals surface area (Å²) in [5, 5.41) is 0. The zero-order valence-corrected chi connectivity index (χ0v) is 6.13. The van der Waals surface area contributed by atoms with Gasteiger partial charge >= 0.3 is 0 Å². The van der Waals surface area contributed by atoms with Gasteiger partial charge in [-0.05, 0) is 12.3 Å². The van der Waals surface area contributed by atoms with Crippen LogP contribution in [0.1, 0.15) is 20.3 Å². The molecule has 1 saturated heterocycles. The zero-order valence-electron chi connectivity index (χ0n) is 6.13. The molecule has 0 aliphatic carbocycles. The van der Waals surface area contributed by atoms with Crippen LogP contribution < -0.4 is 5.73 Å². The maximum Gasteiger partial charge on any atom is 0.0622 e. The SMILES string of the molecule is CC(C)[C@@H]1C[C@H](N)CO1. The third kappa shape index (κ3) is 1.66. The van der Waals surface area contributed by atoms with Gasteiger partial charge in [0.15, 0.2) is 0 Å². The number of hydrogen-bond donors (Lipinski definition) is 1. The van der Waals surface area contributed by atoms with Crippen LogP contribution in [-0.2, 0) is 4.74 Å². The lowest BCUT2D eigenvalue weighted by Gasteiger charge is -2.11. The molecule has 0 saturated carbocycles. The Morgan fingerprint density at radius 2 is 2.22 bits per heavy atom. The molecule has 0 amide bonds. The molecule has 2 heteroatoms. The second-order valence-electron chi connectivity index (χ2n) is 3.11. The topological polar surface area (TPSA) is 35.2 Å². The summed E-state index contributed by atoms with van der Waals surface area (Å²) in [6.45, 7) is 5.09. The fraction of sp³-hybridized carbons (Fsp3) is 1.00. The molecule has 1 fully saturated rings. The van der Waals surface area contributed by atoms with E-state index < -0.39 is 0 Å². The largest absolute Gasteiger partial charge is 0.376 e. The summed E-state index contributed by atoms with van der Waals surface area (Å²) in [6, 6.07) is 0.289. The normalized spacial score (nSPS) is 36.0. The molecule has 54 valence electrons. The summed E-state index contributed by atoms with van der Waals surface area (Å²) in [5.74, 6) is 0.624. The average Bonchev–Trinajstić information content (AvgIpc) is 2.14. The van der Waals surface area contributed by atoms with Gasteiger partial charge in [-0.25, -0.2) is 0 Å². The molecule has 2 nitrogen and oxygen atoms in total. The minimum absolute atomic E-state index is 0.289. The molecule has 9 heavy (non-hydrogen) atoms. The van der Waals surface area contributed by atoms with E-state index in [-0.39, 0.29) is 6.04 Å². The molecule has 0 aromatic rings. The molecule has 1 rings (SSSR count). The maximum atomic E-state index is 5.64. The van der Waals surface area contributed by atoms with E-state index in [1.165, 1.54) is 0 Å². The highest BCUT2D eigenvalue weighted by Gasteiger charge is 2.24. The molecule has 1 heterocycles. The average molecular weight is 129 g/mol. The smallest absolute Gasteiger partial charge is 0.0622 e. The highest BCUT2D eigenvalue weighted by Crippen LogP contribution is 2.18. The highest BCUT2D eigenvalue weighted by atomic mass is 16.5. The Labute approximate surface area is 56.4 Å². The van der Waals surface area contributed by atoms with Crippen molar-refractivity contribution in [2.75, 3.05) is 6.61 Å². The van der Waals surface area contributed by atoms with Gasteiger partial charge < -0.3 is 10.5 Å². The van der Waals surface area contributed by atoms with Gasteiger partial charge in [0.2, 0.25) is 0 Å². The second-order valence-corrected chi connectivity index (χ2v) is 3.11. The van der Waals surface area contributed by atoms with Crippen molar-refractivity contribution in [3.63, 3.8) is 0 Å². The minimum Gasteiger partial charge on any atom is -0.376 e. The predicted octanol–water partition coefficient (Wildman–Crippen LogP) is 0.759. The van der Waals surface area contributed by atoms with E-state index in [0.717, 1.165) is 13.0 Å². The van der Waals surface area contributed by atoms with Gasteiger partial charge in [0.05, 0.1) is 12.7 Å². The third-order valence-electron chi connectivity index (χ3n) is 1.80. The molecule has 0 unspecified atom stereocenters. The molecule has 0 spiro atoms. The van der Waals surface area contributed by atoms with E-state index in [2.05, 4.69) is 13.8 Å². The fourth-order valence-corrected chi connectivity index (χ4v) is 1.15. The lowest BCUT2D eigenvalue weighted by Crippen LogP contribution is -2.20. The van der Waals surface area contributed by atoms with Crippen LogP contribution in [0.2, 0.25) is 0 Å². The van der Waals surface area contributed by atoms with Crippen LogP contribution in [-0.4, -0.2) is 18.8 Å². The summed E-state index contributed by atoms with van der Waals surface area (Å²) in [7, 11) is 0. The molecule has 0 aromatic carbocycles. The van der Waals surface area contributed by atoms with Gasteiger partial charge in [-0.1, -0.05) is 13.8 Å². The number of nitrogens with two attached hydrogens (primary N) is 1. The van der Waals surface area contributed by atoms with Gasteiger partial charge in [0, 0.05) is 6.04 Å². The van der Waals surface area contributed by atoms with Crippen molar-refractivity contribution in [2.24, 2.45) is 11.7 Å². The van der Waals surface area contributed by atoms with E-state index >= 15 is 0 Å². The van der Waals surface area contributed by atoms with Gasteiger partial charge in [0.1, 0.15) is 0 Å². The standard InChI is InChI=1S/C7H15NO/c1-5(2)7-3-6(8)4-9-7/h5-7H,3-4,8H2,1-2H3/t6-,7-/m0/s1. The van der Waals surface area contributed by atoms with Crippen LogP contribution in [0, 0.1) is 5.92 Å². The van der Waals surface area contributed by atoms with Crippen molar-refractivity contribution < 1.29 is 4.74 Å². The quantitative estimate of drug-likeness (QED) is 0.567. The Balaban J connectivity index is 2.30. The van der Waals surface area contributed by atoms with E-state index in [1.807, 2.05) is 0 Å². The molecule has 0 aromatic heterocycles. The van der Waals surface area contributed by atoms with Gasteiger partial charge in [-0.2, -0.15) is 0 Å². The molecule has 1 aliphatic heterocycles. The monoisotopic (exact) mass is 129 g/mol. The number of ether oxygens (including phenoxy) is 1. The van der Waals surface area contributed by atoms with Crippen LogP contribution in [0.25, 0.3) is 0 Å². The van der Waals surface area contributed by atoms with Crippen LogP contribution in [0.15, 0.2) is 0 Å². The first kappa shape index (κ1) is 7.03. The first-order chi connectivity index (χ1) is 4.20. The summed E-state index contributed by atoms with van der Waals surface area (Å²) < 4.78 is 5.40. The van der Waals surface area contributed by atoms with Crippen LogP contribution in [0.5, 0.6) is 0 Å². The second kappa shape index (κ2) is 2.67. The van der Waals surface area contributed by atoms with E-state index in [9.17, 15) is 0 Å². The van der Waals surface area contributed by atoms with E-state index in [0.29, 0.717) is 12.0 Å². The Kier molecular flexibility index (Phi) is 2.09. The van der Waals surface area contributed by atoms with E-state index in [1.54, 1.807) is 0 Å². The summed E-state index contributed by atoms with van der Waals surface area (Å²) in [4.78, 5) is 0. The molecule has 0 radical (unpaired) electrons. The van der Waals surface area contributed by atoms with Crippen molar-refractivity contribution >= 4 is 0 Å². The number of rotatable bonds is 1. The Morgan fingerprint density at radius 1 is 1.56 bits per heavy atom. The van der Waals surface area contributed by atoms with Crippen LogP contribution in [0.4, 0.5) is 0 Å². The van der Waals surface area contributed by atoms with E-state index in [4.69, 9.17) is 10.5 Å². The summed E-state index contributed by atoms with van der Waals surface area (Å²) in [5.41, 5.74) is 5.64. The van der Waals surface area contributed by atoms with Gasteiger partial charge in [-0.15, -0.1) is 0 Å². The molecule has 1 aliphatic rings. The third-order valence-corrected chi connectivity index (χ3v) is 1.80. The Hall–Kier alpha value is -0.0800. The molecular formula is C7H15NO. The maximum absolute atomic E-state index is 5.64. The van der Waals surface area contributed by atoms with Gasteiger partial charge in [0.25, 0.3) is 0 Å². The minimum atomic E-state index is 0.289. The van der Waals surface area contributed by atoms with Crippen molar-refractivity contribution in [1.82, 2.24) is 0 Å². The lowest BCUT2D eigenvalue weighted by molar-refractivity contribution is 0.0749. The summed E-state index contributed by atoms with van der Waals surface area (Å²) in [6.07, 6.45) is 1.46. The summed E-state index contributed by atoms with van der Waals surface area (Å²) >= 11 is 0. The molecular weight excluding hydrogens is 114 g/mol. The first-order valence-electron chi connectivity index (χ1n) is 3.57. The van der Waals surface area contributed by atoms with Crippen LogP contribution >= 0.6 is 0 Å². The molecule has 0 bridgehead atoms. The predicted molar refractivity (Wildman–Crippen MR) is 37.2 cm³/mol. The first-order valence-corrected chi connectivity index (χ1v) is 3.57. The Morgan fingerprint density at radius 3 is 2.44 bits per heavy atom. The molecule has 2 N–H and O–H groups in total. The number of hydrogen-bond acceptors (Lipinski definition) is 2. The lowest BCUT2D eigenvalue weighted by atomic mass is 10.0. The van der Waals surface area contributed by atoms with Crippen molar-refractivity contribution in [3.05, 3.63) is 0 Å².